The summed E-state index contributed by atoms with van der Waals surface area (Å²) in [6.07, 6.45) is 5.31. The third-order valence-corrected chi connectivity index (χ3v) is 9.28. The molecule has 2 saturated carbocycles. The number of hydrogen-bond acceptors (Lipinski definition) is 2. The molecule has 0 heterocycles. The lowest BCUT2D eigenvalue weighted by atomic mass is 9.56. The Labute approximate surface area is 195 Å². The molecule has 2 heteroatoms. The van der Waals surface area contributed by atoms with Gasteiger partial charge in [0.25, 0.3) is 0 Å². The van der Waals surface area contributed by atoms with Crippen molar-refractivity contribution < 1.29 is 10.2 Å². The van der Waals surface area contributed by atoms with Crippen LogP contribution in [-0.2, 0) is 0 Å². The van der Waals surface area contributed by atoms with Crippen molar-refractivity contribution in [2.24, 2.45) is 57.2 Å². The number of aliphatic hydroxyl groups is 2. The molecule has 0 aromatic carbocycles. The van der Waals surface area contributed by atoms with Crippen LogP contribution >= 0.6 is 0 Å². The molecule has 2 fully saturated rings. The molecule has 31 heavy (non-hydrogen) atoms. The summed E-state index contributed by atoms with van der Waals surface area (Å²) in [5.41, 5.74) is 0.460. The van der Waals surface area contributed by atoms with E-state index in [1.54, 1.807) is 0 Å². The second-order valence-electron chi connectivity index (χ2n) is 15.7. The van der Waals surface area contributed by atoms with Crippen LogP contribution in [0.2, 0.25) is 0 Å². The molecule has 6 atom stereocenters. The quantitative estimate of drug-likeness (QED) is 0.416. The lowest BCUT2D eigenvalue weighted by molar-refractivity contribution is -0.0955. The summed E-state index contributed by atoms with van der Waals surface area (Å²) in [5, 5.41) is 23.0. The minimum Gasteiger partial charge on any atom is -0.393 e. The summed E-state index contributed by atoms with van der Waals surface area (Å²) in [4.78, 5) is 0. The fourth-order valence-electron chi connectivity index (χ4n) is 7.09. The van der Waals surface area contributed by atoms with E-state index < -0.39 is 0 Å². The van der Waals surface area contributed by atoms with E-state index in [-0.39, 0.29) is 33.9 Å². The molecule has 0 aromatic rings. The van der Waals surface area contributed by atoms with E-state index in [0.29, 0.717) is 35.5 Å². The van der Waals surface area contributed by atoms with Crippen molar-refractivity contribution in [1.29, 1.82) is 0 Å². The minimum atomic E-state index is -0.226. The maximum atomic E-state index is 11.6. The third-order valence-electron chi connectivity index (χ3n) is 9.28. The predicted octanol–water partition coefficient (Wildman–Crippen LogP) is 7.57. The van der Waals surface area contributed by atoms with Gasteiger partial charge in [-0.3, -0.25) is 0 Å². The molecule has 0 radical (unpaired) electrons. The van der Waals surface area contributed by atoms with Crippen molar-refractivity contribution in [2.75, 3.05) is 0 Å². The van der Waals surface area contributed by atoms with Gasteiger partial charge >= 0.3 is 0 Å². The lowest BCUT2D eigenvalue weighted by Gasteiger charge is -2.51. The van der Waals surface area contributed by atoms with E-state index in [1.165, 1.54) is 6.42 Å². The average molecular weight is 437 g/mol. The van der Waals surface area contributed by atoms with Gasteiger partial charge in [0.1, 0.15) is 0 Å². The van der Waals surface area contributed by atoms with Crippen molar-refractivity contribution in [3.8, 4) is 0 Å². The minimum absolute atomic E-state index is 0.104. The van der Waals surface area contributed by atoms with E-state index in [9.17, 15) is 10.2 Å². The van der Waals surface area contributed by atoms with Gasteiger partial charge in [0.15, 0.2) is 0 Å². The fraction of sp³-hybridized carbons (Fsp3) is 1.00. The maximum Gasteiger partial charge on any atom is 0.0606 e. The second kappa shape index (κ2) is 8.94. The molecule has 184 valence electrons. The van der Waals surface area contributed by atoms with E-state index >= 15 is 0 Å². The first-order valence-corrected chi connectivity index (χ1v) is 13.1. The Morgan fingerprint density at radius 1 is 0.419 bits per heavy atom. The molecule has 0 bridgehead atoms. The first kappa shape index (κ1) is 27.2. The third kappa shape index (κ3) is 6.28. The summed E-state index contributed by atoms with van der Waals surface area (Å²) < 4.78 is 0. The second-order valence-corrected chi connectivity index (χ2v) is 15.7. The maximum absolute atomic E-state index is 11.6. The van der Waals surface area contributed by atoms with Crippen molar-refractivity contribution in [3.63, 3.8) is 0 Å². The topological polar surface area (TPSA) is 40.5 Å². The SMILES string of the molecule is CC(C)(C)C1CCC(C2CC(C(C)(C)C)C(O)C(C(C)(C)C)C2)CC(C(C)(C)C)C1O. The first-order chi connectivity index (χ1) is 13.7. The van der Waals surface area contributed by atoms with Crippen molar-refractivity contribution in [1.82, 2.24) is 0 Å². The monoisotopic (exact) mass is 436 g/mol. The molecule has 0 spiro atoms. The summed E-state index contributed by atoms with van der Waals surface area (Å²) in [5.74, 6) is 2.66. The largest absolute Gasteiger partial charge is 0.393 e. The van der Waals surface area contributed by atoms with Gasteiger partial charge in [-0.05, 0) is 89.3 Å². The summed E-state index contributed by atoms with van der Waals surface area (Å²) in [6.45, 7) is 27.8. The van der Waals surface area contributed by atoms with Crippen LogP contribution in [0.1, 0.15) is 115 Å². The van der Waals surface area contributed by atoms with E-state index in [4.69, 9.17) is 0 Å². The van der Waals surface area contributed by atoms with Crippen LogP contribution in [0.15, 0.2) is 0 Å². The molecular formula is C29H56O2. The van der Waals surface area contributed by atoms with Crippen LogP contribution in [0.5, 0.6) is 0 Å². The molecule has 0 amide bonds. The Hall–Kier alpha value is -0.0800. The van der Waals surface area contributed by atoms with Gasteiger partial charge in [0.05, 0.1) is 12.2 Å². The van der Waals surface area contributed by atoms with Gasteiger partial charge in [0, 0.05) is 0 Å². The van der Waals surface area contributed by atoms with E-state index in [2.05, 4.69) is 83.1 Å². The van der Waals surface area contributed by atoms with Crippen molar-refractivity contribution in [2.45, 2.75) is 127 Å². The molecule has 2 rings (SSSR count). The Bertz CT molecular complexity index is 556. The highest BCUT2D eigenvalue weighted by molar-refractivity contribution is 5.00. The highest BCUT2D eigenvalue weighted by atomic mass is 16.3. The predicted molar refractivity (Wildman–Crippen MR) is 134 cm³/mol. The van der Waals surface area contributed by atoms with Crippen LogP contribution in [0.25, 0.3) is 0 Å². The van der Waals surface area contributed by atoms with Gasteiger partial charge in [-0.25, -0.2) is 0 Å². The van der Waals surface area contributed by atoms with Gasteiger partial charge < -0.3 is 10.2 Å². The molecular weight excluding hydrogens is 380 g/mol. The van der Waals surface area contributed by atoms with Gasteiger partial charge in [0.2, 0.25) is 0 Å². The van der Waals surface area contributed by atoms with Crippen LogP contribution < -0.4 is 0 Å². The zero-order chi connectivity index (χ0) is 24.2. The average Bonchev–Trinajstić information content (AvgIpc) is 2.71. The lowest BCUT2D eigenvalue weighted by Crippen LogP contribution is -2.49. The fourth-order valence-corrected chi connectivity index (χ4v) is 7.09. The normalized spacial score (nSPS) is 39.3. The van der Waals surface area contributed by atoms with E-state index in [1.807, 2.05) is 0 Å². The molecule has 2 nitrogen and oxygen atoms in total. The Morgan fingerprint density at radius 3 is 1.03 bits per heavy atom. The molecule has 2 aliphatic rings. The summed E-state index contributed by atoms with van der Waals surface area (Å²) in [6, 6.07) is 0. The van der Waals surface area contributed by atoms with Gasteiger partial charge in [-0.1, -0.05) is 83.1 Å². The Morgan fingerprint density at radius 2 is 0.710 bits per heavy atom. The van der Waals surface area contributed by atoms with Crippen LogP contribution in [0.4, 0.5) is 0 Å². The van der Waals surface area contributed by atoms with Crippen molar-refractivity contribution >= 4 is 0 Å². The van der Waals surface area contributed by atoms with Crippen molar-refractivity contribution in [3.05, 3.63) is 0 Å². The highest BCUT2D eigenvalue weighted by Gasteiger charge is 2.50. The summed E-state index contributed by atoms with van der Waals surface area (Å²) in [7, 11) is 0. The van der Waals surface area contributed by atoms with Crippen LogP contribution in [-0.4, -0.2) is 22.4 Å². The summed E-state index contributed by atoms with van der Waals surface area (Å²) >= 11 is 0. The number of hydrogen-bond donors (Lipinski definition) is 2. The van der Waals surface area contributed by atoms with Gasteiger partial charge in [-0.2, -0.15) is 0 Å². The first-order valence-electron chi connectivity index (χ1n) is 13.1. The Kier molecular flexibility index (Phi) is 7.83. The van der Waals surface area contributed by atoms with Crippen LogP contribution in [0, 0.1) is 57.2 Å². The van der Waals surface area contributed by atoms with Crippen LogP contribution in [0.3, 0.4) is 0 Å². The standard InChI is InChI=1S/C29H56O2/c1-26(2,3)20-14-13-18(15-21(24(20)30)27(4,5)6)19-16-22(28(7,8)9)25(31)23(17-19)29(10,11)12/h18-25,30-31H,13-17H2,1-12H3. The molecule has 0 aliphatic heterocycles. The smallest absolute Gasteiger partial charge is 0.0606 e. The Balaban J connectivity index is 2.40. The molecule has 0 saturated heterocycles. The zero-order valence-electron chi connectivity index (χ0n) is 23.0. The molecule has 2 N–H and O–H groups in total. The molecule has 2 aliphatic carbocycles. The number of aliphatic hydroxyl groups excluding tert-OH is 2. The zero-order valence-corrected chi connectivity index (χ0v) is 23.0. The van der Waals surface area contributed by atoms with Gasteiger partial charge in [-0.15, -0.1) is 0 Å². The molecule has 0 aromatic heterocycles. The highest BCUT2D eigenvalue weighted by Crippen LogP contribution is 2.54. The molecule has 6 unspecified atom stereocenters. The van der Waals surface area contributed by atoms with E-state index in [0.717, 1.165) is 25.7 Å². The number of rotatable bonds is 1.